The number of aryl methyl sites for hydroxylation is 6. The van der Waals surface area contributed by atoms with E-state index >= 15 is 0 Å². The SMILES string of the molecule is CC(=O)Oc1c(C)ccc([C@@H]2CC(=O)c3c(cc(C)c(CC=C(C)C)c3OC(C)=O)O2)c1C/C=C(\C)CCC=C(C)C.CC(C)=CCC/C(C)=C/Cc1c([C@@H]2CC(=O)c3c(cc(C)c(CC=C(C)C)c3OCc3ccccc3)O2)ccc(C)c1OCc1ccccc1.COc1c(C)ccc([C@@H]2CC(=O)c3c(cc(C)c(CCC(C)(C)N)c3OC)O2)c1C/C=C(\C)CCCC(C)(C)N. The fourth-order valence-corrected chi connectivity index (χ4v) is 17.1. The topological polar surface area (TPSA) is 220 Å². The van der Waals surface area contributed by atoms with Gasteiger partial charge in [0.15, 0.2) is 17.3 Å². The number of fused-ring (bicyclic) bond motifs is 3. The standard InChI is InChI=1S/C46H52O4.C36H44O6.C34H50N2O4/c1-31(2)15-14-16-33(5)22-25-40-39(26-23-34(6)45(40)48-29-36-17-10-8-11-18-36)42-28-41(47)44-43(50-42)27-35(7)38(24-21-32(3)4)46(44)49-30-37-19-12-9-13-20-37;1-21(2)11-10-12-23(5)14-17-30-29(18-15-24(6)35(30)40-26(8)37)32-20-31(39)34-33(42-32)19-25(7)28(16-13-22(3)4)36(34)41-27(9)38;1-21(11-10-17-33(4,5)35)12-14-26-25(15-13-22(2)31(26)38-8)28-20-27(37)30-29(40-28)19-23(3)24(32(30)39-9)16-18-34(6,7)36/h8-13,15,17-23,26-27,42H,14,16,24-25,28-30H2,1-7H3;11,13-15,18-19,32H,10,12,16-17,20H2,1-9H3;12-13,15,19,28H,10-11,14,16-18,20,35-36H2,1-9H3/b33-22+;23-14+;21-12+/t42-;32-;28-/m000/s1. The number of methoxy groups -OCH3 is 2. The summed E-state index contributed by atoms with van der Waals surface area (Å²) in [4.78, 5) is 65.9. The highest BCUT2D eigenvalue weighted by Gasteiger charge is 2.39. The lowest BCUT2D eigenvalue weighted by Gasteiger charge is -2.30. The van der Waals surface area contributed by atoms with E-state index in [0.29, 0.717) is 96.5 Å². The molecule has 0 aromatic heterocycles. The summed E-state index contributed by atoms with van der Waals surface area (Å²) in [7, 11) is 3.33. The summed E-state index contributed by atoms with van der Waals surface area (Å²) >= 11 is 0. The van der Waals surface area contributed by atoms with Crippen molar-refractivity contribution >= 4 is 29.3 Å². The van der Waals surface area contributed by atoms with E-state index < -0.39 is 30.3 Å². The van der Waals surface area contributed by atoms with Gasteiger partial charge in [-0.2, -0.15) is 0 Å². The minimum absolute atomic E-state index is 0.0259. The normalized spacial score (nSPS) is 14.8. The maximum Gasteiger partial charge on any atom is 0.308 e. The maximum absolute atomic E-state index is 14.3. The molecule has 16 heteroatoms. The van der Waals surface area contributed by atoms with Crippen LogP contribution in [0.3, 0.4) is 0 Å². The quantitative estimate of drug-likeness (QED) is 0.0212. The molecule has 0 unspecified atom stereocenters. The van der Waals surface area contributed by atoms with Crippen molar-refractivity contribution in [3.63, 3.8) is 0 Å². The van der Waals surface area contributed by atoms with Crippen molar-refractivity contribution < 1.29 is 66.6 Å². The zero-order chi connectivity index (χ0) is 96.6. The Hall–Kier alpha value is -11.6. The molecule has 0 amide bonds. The lowest BCUT2D eigenvalue weighted by atomic mass is 9.87. The van der Waals surface area contributed by atoms with Gasteiger partial charge in [-0.3, -0.25) is 24.0 Å². The molecule has 16 nitrogen and oxygen atoms in total. The van der Waals surface area contributed by atoms with Gasteiger partial charge in [-0.25, -0.2) is 0 Å². The lowest BCUT2D eigenvalue weighted by Crippen LogP contribution is -2.32. The molecule has 3 aliphatic heterocycles. The summed E-state index contributed by atoms with van der Waals surface area (Å²) in [6.07, 6.45) is 26.1. The minimum Gasteiger partial charge on any atom is -0.496 e. The summed E-state index contributed by atoms with van der Waals surface area (Å²) < 4.78 is 56.1. The molecule has 132 heavy (non-hydrogen) atoms. The van der Waals surface area contributed by atoms with Gasteiger partial charge in [0, 0.05) is 58.3 Å². The molecule has 3 atom stereocenters. The monoisotopic (exact) mass is 1790 g/mol. The molecule has 0 fully saturated rings. The Morgan fingerprint density at radius 2 is 0.705 bits per heavy atom. The zero-order valence-electron chi connectivity index (χ0n) is 83.5. The van der Waals surface area contributed by atoms with Crippen molar-refractivity contribution in [3.05, 3.63) is 308 Å². The molecule has 3 aliphatic rings. The van der Waals surface area contributed by atoms with Gasteiger partial charge in [0.1, 0.15) is 100.0 Å². The summed E-state index contributed by atoms with van der Waals surface area (Å²) in [5, 5.41) is 0. The Kier molecular flexibility index (Phi) is 38.0. The molecule has 704 valence electrons. The zero-order valence-corrected chi connectivity index (χ0v) is 83.5. The number of allylic oxidation sites excluding steroid dienone is 14. The van der Waals surface area contributed by atoms with Gasteiger partial charge in [0.25, 0.3) is 0 Å². The van der Waals surface area contributed by atoms with Gasteiger partial charge < -0.3 is 54.1 Å². The van der Waals surface area contributed by atoms with Crippen molar-refractivity contribution in [2.75, 3.05) is 14.2 Å². The number of benzene rings is 8. The first kappa shape index (κ1) is 104. The van der Waals surface area contributed by atoms with Crippen LogP contribution >= 0.6 is 0 Å². The van der Waals surface area contributed by atoms with E-state index in [4.69, 9.17) is 54.1 Å². The van der Waals surface area contributed by atoms with Crippen LogP contribution in [0.25, 0.3) is 0 Å². The maximum atomic E-state index is 14.3. The number of nitrogens with two attached hydrogens (primary N) is 2. The first-order valence-electron chi connectivity index (χ1n) is 46.9. The number of carbonyl (C=O) groups excluding carboxylic acids is 5. The molecule has 0 radical (unpaired) electrons. The van der Waals surface area contributed by atoms with Crippen LogP contribution in [-0.2, 0) is 61.3 Å². The predicted molar refractivity (Wildman–Crippen MR) is 536 cm³/mol. The second kappa shape index (κ2) is 48.2. The van der Waals surface area contributed by atoms with Crippen LogP contribution < -0.4 is 54.1 Å². The molecule has 0 saturated heterocycles. The Balaban J connectivity index is 0.000000225. The van der Waals surface area contributed by atoms with Crippen LogP contribution in [0.15, 0.2) is 197 Å². The molecule has 0 saturated carbocycles. The van der Waals surface area contributed by atoms with Crippen LogP contribution in [0.1, 0.15) is 332 Å². The van der Waals surface area contributed by atoms with E-state index in [9.17, 15) is 24.0 Å². The van der Waals surface area contributed by atoms with Gasteiger partial charge in [0.2, 0.25) is 0 Å². The van der Waals surface area contributed by atoms with E-state index in [-0.39, 0.29) is 53.4 Å². The number of Topliss-reactive ketones (excluding diaryl/α,β-unsaturated/α-hetero) is 3. The summed E-state index contributed by atoms with van der Waals surface area (Å²) in [5.41, 5.74) is 38.8. The van der Waals surface area contributed by atoms with Gasteiger partial charge in [-0.1, -0.05) is 179 Å². The van der Waals surface area contributed by atoms with Crippen LogP contribution in [0.5, 0.6) is 51.7 Å². The van der Waals surface area contributed by atoms with Gasteiger partial charge in [-0.05, 0) is 315 Å². The largest absolute Gasteiger partial charge is 0.496 e. The van der Waals surface area contributed by atoms with Crippen molar-refractivity contribution in [2.24, 2.45) is 11.5 Å². The third kappa shape index (κ3) is 29.5. The van der Waals surface area contributed by atoms with Crippen molar-refractivity contribution in [2.45, 2.75) is 311 Å². The molecule has 0 spiro atoms. The number of carbonyl (C=O) groups is 5. The molecule has 11 rings (SSSR count). The third-order valence-corrected chi connectivity index (χ3v) is 24.3. The molecule has 8 aromatic rings. The second-order valence-electron chi connectivity index (χ2n) is 38.5. The Morgan fingerprint density at radius 3 is 1.10 bits per heavy atom. The molecule has 0 aliphatic carbocycles. The smallest absolute Gasteiger partial charge is 0.308 e. The van der Waals surface area contributed by atoms with Crippen molar-refractivity contribution in [1.29, 1.82) is 0 Å². The number of ether oxygens (including phenoxy) is 9. The summed E-state index contributed by atoms with van der Waals surface area (Å²) in [5.74, 6) is 4.29. The fourth-order valence-electron chi connectivity index (χ4n) is 17.1. The van der Waals surface area contributed by atoms with Crippen molar-refractivity contribution in [1.82, 2.24) is 0 Å². The van der Waals surface area contributed by atoms with Crippen LogP contribution in [0, 0.1) is 41.5 Å². The Labute approximate surface area is 787 Å². The third-order valence-electron chi connectivity index (χ3n) is 24.3. The number of ketones is 3. The van der Waals surface area contributed by atoms with E-state index in [1.54, 1.807) is 14.2 Å². The Morgan fingerprint density at radius 1 is 0.371 bits per heavy atom. The van der Waals surface area contributed by atoms with Gasteiger partial charge >= 0.3 is 11.9 Å². The highest BCUT2D eigenvalue weighted by molar-refractivity contribution is 6.05. The number of hydrogen-bond acceptors (Lipinski definition) is 16. The first-order chi connectivity index (χ1) is 62.5. The van der Waals surface area contributed by atoms with Gasteiger partial charge in [0.05, 0.1) is 33.5 Å². The summed E-state index contributed by atoms with van der Waals surface area (Å²) in [6, 6.07) is 38.4. The van der Waals surface area contributed by atoms with E-state index in [0.717, 1.165) is 169 Å². The molecular formula is C116H146N2O14. The highest BCUT2D eigenvalue weighted by Crippen LogP contribution is 2.50. The van der Waals surface area contributed by atoms with E-state index in [1.165, 1.54) is 47.3 Å². The Bertz CT molecular complexity index is 5680. The number of hydrogen-bond donors (Lipinski definition) is 2. The number of rotatable bonds is 36. The molecular weight excluding hydrogens is 1650 g/mol. The predicted octanol–water partition coefficient (Wildman–Crippen LogP) is 27.6. The van der Waals surface area contributed by atoms with E-state index in [1.807, 2.05) is 146 Å². The fraction of sp³-hybridized carbons (Fsp3) is 0.422. The highest BCUT2D eigenvalue weighted by atomic mass is 16.5. The van der Waals surface area contributed by atoms with Crippen LogP contribution in [-0.4, -0.2) is 54.6 Å². The lowest BCUT2D eigenvalue weighted by molar-refractivity contribution is -0.132. The summed E-state index contributed by atoms with van der Waals surface area (Å²) in [6.45, 7) is 46.9. The number of esters is 2. The molecule has 0 bridgehead atoms. The first-order valence-corrected chi connectivity index (χ1v) is 46.9. The molecule has 8 aromatic carbocycles. The van der Waals surface area contributed by atoms with Crippen LogP contribution in [0.2, 0.25) is 0 Å². The van der Waals surface area contributed by atoms with Crippen LogP contribution in [0.4, 0.5) is 0 Å². The van der Waals surface area contributed by atoms with E-state index in [2.05, 4.69) is 157 Å². The second-order valence-corrected chi connectivity index (χ2v) is 38.5. The van der Waals surface area contributed by atoms with Gasteiger partial charge in [-0.15, -0.1) is 0 Å². The average molecular weight is 1790 g/mol. The average Bonchev–Trinajstić information content (AvgIpc) is 0.762. The minimum atomic E-state index is -0.595. The van der Waals surface area contributed by atoms with Crippen molar-refractivity contribution in [3.8, 4) is 51.7 Å². The molecule has 4 N–H and O–H groups in total. The molecule has 3 heterocycles.